The van der Waals surface area contributed by atoms with Gasteiger partial charge in [-0.3, -0.25) is 4.90 Å². The van der Waals surface area contributed by atoms with Crippen LogP contribution in [0.4, 0.5) is 0 Å². The second kappa shape index (κ2) is 7.63. The zero-order chi connectivity index (χ0) is 12.7. The van der Waals surface area contributed by atoms with E-state index in [1.807, 2.05) is 0 Å². The van der Waals surface area contributed by atoms with Crippen molar-refractivity contribution in [3.8, 4) is 0 Å². The molecule has 0 radical (unpaired) electrons. The lowest BCUT2D eigenvalue weighted by Crippen LogP contribution is -2.46. The molecule has 0 aromatic carbocycles. The molecule has 0 bridgehead atoms. The van der Waals surface area contributed by atoms with Crippen molar-refractivity contribution in [1.82, 2.24) is 4.90 Å². The van der Waals surface area contributed by atoms with Gasteiger partial charge in [0.1, 0.15) is 6.61 Å². The Morgan fingerprint density at radius 2 is 2.00 bits per heavy atom. The lowest BCUT2D eigenvalue weighted by Gasteiger charge is -2.35. The van der Waals surface area contributed by atoms with Crippen molar-refractivity contribution in [2.75, 3.05) is 39.5 Å². The molecule has 0 aliphatic carbocycles. The molecule has 0 amide bonds. The molecule has 1 aliphatic rings. The van der Waals surface area contributed by atoms with E-state index in [1.54, 1.807) is 6.92 Å². The van der Waals surface area contributed by atoms with E-state index < -0.39 is 0 Å². The molecule has 0 saturated carbocycles. The molecule has 1 heterocycles. The molecule has 0 spiro atoms. The molecule has 1 fully saturated rings. The zero-order valence-electron chi connectivity index (χ0n) is 11.0. The Kier molecular flexibility index (Phi) is 6.47. The Bertz CT molecular complexity index is 225. The molecular formula is C12H23NO4. The van der Waals surface area contributed by atoms with Gasteiger partial charge in [0.25, 0.3) is 0 Å². The fraction of sp³-hybridized carbons (Fsp3) is 0.917. The topological polar surface area (TPSA) is 48.0 Å². The van der Waals surface area contributed by atoms with Crippen molar-refractivity contribution in [2.24, 2.45) is 0 Å². The van der Waals surface area contributed by atoms with E-state index in [9.17, 15) is 4.79 Å². The van der Waals surface area contributed by atoms with Crippen LogP contribution in [0, 0.1) is 0 Å². The molecule has 2 atom stereocenters. The van der Waals surface area contributed by atoms with Gasteiger partial charge in [0.05, 0.1) is 25.4 Å². The van der Waals surface area contributed by atoms with Crippen molar-refractivity contribution in [1.29, 1.82) is 0 Å². The van der Waals surface area contributed by atoms with Gasteiger partial charge in [0.15, 0.2) is 0 Å². The Morgan fingerprint density at radius 3 is 2.59 bits per heavy atom. The molecular weight excluding hydrogens is 222 g/mol. The third kappa shape index (κ3) is 6.00. The number of hydrogen-bond donors (Lipinski definition) is 0. The van der Waals surface area contributed by atoms with Crippen LogP contribution in [0.3, 0.4) is 0 Å². The first-order valence-electron chi connectivity index (χ1n) is 6.23. The van der Waals surface area contributed by atoms with Gasteiger partial charge in [-0.05, 0) is 20.8 Å². The number of rotatable bonds is 6. The van der Waals surface area contributed by atoms with Crippen molar-refractivity contribution in [3.05, 3.63) is 0 Å². The van der Waals surface area contributed by atoms with Crippen molar-refractivity contribution < 1.29 is 19.0 Å². The van der Waals surface area contributed by atoms with Gasteiger partial charge in [-0.25, -0.2) is 4.79 Å². The highest BCUT2D eigenvalue weighted by Gasteiger charge is 2.21. The van der Waals surface area contributed by atoms with Gasteiger partial charge in [-0.1, -0.05) is 0 Å². The number of nitrogens with zero attached hydrogens (tertiary/aromatic N) is 1. The third-order valence-corrected chi connectivity index (χ3v) is 2.57. The molecule has 0 N–H and O–H groups in total. The molecule has 1 rings (SSSR count). The van der Waals surface area contributed by atoms with Gasteiger partial charge in [0.2, 0.25) is 0 Å². The van der Waals surface area contributed by atoms with E-state index in [2.05, 4.69) is 18.7 Å². The summed E-state index contributed by atoms with van der Waals surface area (Å²) >= 11 is 0. The van der Waals surface area contributed by atoms with Crippen LogP contribution in [0.1, 0.15) is 20.8 Å². The Labute approximate surface area is 103 Å². The number of hydrogen-bond acceptors (Lipinski definition) is 5. The van der Waals surface area contributed by atoms with Crippen LogP contribution in [-0.4, -0.2) is 62.5 Å². The maximum atomic E-state index is 11.0. The fourth-order valence-corrected chi connectivity index (χ4v) is 2.02. The van der Waals surface area contributed by atoms with Crippen LogP contribution in [0.15, 0.2) is 0 Å². The first-order chi connectivity index (χ1) is 8.11. The van der Waals surface area contributed by atoms with Crippen molar-refractivity contribution in [3.63, 3.8) is 0 Å². The highest BCUT2D eigenvalue weighted by molar-refractivity contribution is 5.70. The summed E-state index contributed by atoms with van der Waals surface area (Å²) in [7, 11) is 0. The smallest absolute Gasteiger partial charge is 0.332 e. The lowest BCUT2D eigenvalue weighted by atomic mass is 10.2. The summed E-state index contributed by atoms with van der Waals surface area (Å²) in [5, 5.41) is 0. The second-order valence-corrected chi connectivity index (χ2v) is 4.37. The average Bonchev–Trinajstić information content (AvgIpc) is 2.23. The Hall–Kier alpha value is -0.650. The van der Waals surface area contributed by atoms with E-state index in [1.165, 1.54) is 0 Å². The second-order valence-electron chi connectivity index (χ2n) is 4.37. The van der Waals surface area contributed by atoms with Crippen LogP contribution in [0.5, 0.6) is 0 Å². The van der Waals surface area contributed by atoms with Gasteiger partial charge < -0.3 is 14.2 Å². The highest BCUT2D eigenvalue weighted by Crippen LogP contribution is 2.09. The number of carbonyl (C=O) groups is 1. The first kappa shape index (κ1) is 14.4. The summed E-state index contributed by atoms with van der Waals surface area (Å²) in [6.45, 7) is 9.61. The van der Waals surface area contributed by atoms with Crippen molar-refractivity contribution in [2.45, 2.75) is 33.0 Å². The standard InChI is InChI=1S/C12H23NO4/c1-4-16-12(14)9-15-6-5-13-7-10(2)17-11(3)8-13/h10-11H,4-9H2,1-3H3. The molecule has 2 unspecified atom stereocenters. The van der Waals surface area contributed by atoms with Gasteiger partial charge >= 0.3 is 5.97 Å². The summed E-state index contributed by atoms with van der Waals surface area (Å²) in [4.78, 5) is 13.3. The average molecular weight is 245 g/mol. The molecule has 1 saturated heterocycles. The summed E-state index contributed by atoms with van der Waals surface area (Å²) in [5.41, 5.74) is 0. The van der Waals surface area contributed by atoms with E-state index in [0.29, 0.717) is 13.2 Å². The van der Waals surface area contributed by atoms with Crippen LogP contribution in [0.25, 0.3) is 0 Å². The number of carbonyl (C=O) groups excluding carboxylic acids is 1. The van der Waals surface area contributed by atoms with Gasteiger partial charge in [-0.2, -0.15) is 0 Å². The quantitative estimate of drug-likeness (QED) is 0.508. The predicted molar refractivity (Wildman–Crippen MR) is 63.9 cm³/mol. The Morgan fingerprint density at radius 1 is 1.35 bits per heavy atom. The van der Waals surface area contributed by atoms with Crippen LogP contribution in [0.2, 0.25) is 0 Å². The predicted octanol–water partition coefficient (Wildman–Crippen LogP) is 0.675. The largest absolute Gasteiger partial charge is 0.464 e. The maximum absolute atomic E-state index is 11.0. The monoisotopic (exact) mass is 245 g/mol. The van der Waals surface area contributed by atoms with E-state index in [4.69, 9.17) is 14.2 Å². The molecule has 0 aromatic rings. The minimum absolute atomic E-state index is 0.0449. The molecule has 5 heteroatoms. The highest BCUT2D eigenvalue weighted by atomic mass is 16.6. The molecule has 5 nitrogen and oxygen atoms in total. The van der Waals surface area contributed by atoms with E-state index in [-0.39, 0.29) is 24.8 Å². The summed E-state index contributed by atoms with van der Waals surface area (Å²) < 4.78 is 15.7. The minimum atomic E-state index is -0.295. The van der Waals surface area contributed by atoms with Gasteiger partial charge in [-0.15, -0.1) is 0 Å². The fourth-order valence-electron chi connectivity index (χ4n) is 2.02. The van der Waals surface area contributed by atoms with Crippen LogP contribution >= 0.6 is 0 Å². The summed E-state index contributed by atoms with van der Waals surface area (Å²) in [5.74, 6) is -0.295. The SMILES string of the molecule is CCOC(=O)COCCN1CC(C)OC(C)C1. The summed E-state index contributed by atoms with van der Waals surface area (Å²) in [6, 6.07) is 0. The molecule has 1 aliphatic heterocycles. The molecule has 100 valence electrons. The number of ether oxygens (including phenoxy) is 3. The number of morpholine rings is 1. The minimum Gasteiger partial charge on any atom is -0.464 e. The summed E-state index contributed by atoms with van der Waals surface area (Å²) in [6.07, 6.45) is 0.535. The molecule has 0 aromatic heterocycles. The normalized spacial score (nSPS) is 25.8. The molecule has 17 heavy (non-hydrogen) atoms. The van der Waals surface area contributed by atoms with Crippen molar-refractivity contribution >= 4 is 5.97 Å². The van der Waals surface area contributed by atoms with Crippen LogP contribution < -0.4 is 0 Å². The first-order valence-corrected chi connectivity index (χ1v) is 6.23. The van der Waals surface area contributed by atoms with E-state index >= 15 is 0 Å². The van der Waals surface area contributed by atoms with Gasteiger partial charge in [0, 0.05) is 19.6 Å². The van der Waals surface area contributed by atoms with E-state index in [0.717, 1.165) is 19.6 Å². The Balaban J connectivity index is 2.08. The van der Waals surface area contributed by atoms with Crippen LogP contribution in [-0.2, 0) is 19.0 Å². The number of esters is 1. The lowest BCUT2D eigenvalue weighted by molar-refractivity contribution is -0.148. The third-order valence-electron chi connectivity index (χ3n) is 2.57. The zero-order valence-corrected chi connectivity index (χ0v) is 11.0. The maximum Gasteiger partial charge on any atom is 0.332 e.